The number of hydrogen-bond donors (Lipinski definition) is 0. The molecule has 2 rings (SSSR count). The molecule has 1 heterocycles. The number of fused-ring (bicyclic) bond motifs is 1. The molecule has 0 unspecified atom stereocenters. The normalized spacial score (nSPS) is 12.9. The average molecular weight is 418 g/mol. The molecule has 0 aliphatic carbocycles. The molecule has 0 atom stereocenters. The molecule has 0 radical (unpaired) electrons. The summed E-state index contributed by atoms with van der Waals surface area (Å²) in [6, 6.07) is 7.52. The molecule has 1 aromatic heterocycles. The molecule has 0 bridgehead atoms. The highest BCUT2D eigenvalue weighted by molar-refractivity contribution is 7.72. The molecule has 152 valence electrons. The Balaban J connectivity index is 2.54. The summed E-state index contributed by atoms with van der Waals surface area (Å²) in [6.45, 7) is 7.50. The minimum absolute atomic E-state index is 0.0646. The number of rotatable bonds is 12. The molecule has 0 N–H and O–H groups in total. The van der Waals surface area contributed by atoms with Crippen LogP contribution in [0.3, 0.4) is 0 Å². The van der Waals surface area contributed by atoms with Gasteiger partial charge in [0.2, 0.25) is 0 Å². The van der Waals surface area contributed by atoms with Crippen LogP contribution < -0.4 is 0 Å². The van der Waals surface area contributed by atoms with Gasteiger partial charge < -0.3 is 22.7 Å². The Bertz CT molecular complexity index is 775. The molecule has 2 aromatic rings. The van der Waals surface area contributed by atoms with Gasteiger partial charge in [0, 0.05) is 6.54 Å². The van der Waals surface area contributed by atoms with Crippen LogP contribution in [0.2, 0.25) is 0 Å². The van der Waals surface area contributed by atoms with Crippen molar-refractivity contribution in [2.45, 2.75) is 39.6 Å². The van der Waals surface area contributed by atoms with E-state index < -0.39 is 20.6 Å². The summed E-state index contributed by atoms with van der Waals surface area (Å²) in [5.41, 5.74) is 1.60. The molecule has 0 fully saturated rings. The van der Waals surface area contributed by atoms with E-state index in [2.05, 4.69) is 4.98 Å². The van der Waals surface area contributed by atoms with Gasteiger partial charge in [-0.15, -0.1) is 0 Å². The number of imidazole rings is 1. The van der Waals surface area contributed by atoms with Crippen LogP contribution in [0.1, 0.15) is 27.7 Å². The minimum atomic E-state index is -3.79. The van der Waals surface area contributed by atoms with Crippen LogP contribution in [0.25, 0.3) is 11.0 Å². The molecule has 27 heavy (non-hydrogen) atoms. The van der Waals surface area contributed by atoms with Gasteiger partial charge in [-0.3, -0.25) is 9.13 Å². The van der Waals surface area contributed by atoms with Crippen LogP contribution in [0.5, 0.6) is 0 Å². The van der Waals surface area contributed by atoms with E-state index in [1.54, 1.807) is 38.6 Å². The van der Waals surface area contributed by atoms with E-state index in [-0.39, 0.29) is 33.0 Å². The van der Waals surface area contributed by atoms with Gasteiger partial charge in [0.05, 0.1) is 43.8 Å². The summed E-state index contributed by atoms with van der Waals surface area (Å²) >= 11 is 0. The van der Waals surface area contributed by atoms with Crippen molar-refractivity contribution in [3.63, 3.8) is 0 Å². The second kappa shape index (κ2) is 9.97. The van der Waals surface area contributed by atoms with E-state index in [1.165, 1.54) is 0 Å². The number of para-hydroxylation sites is 2. The second-order valence-electron chi connectivity index (χ2n) is 5.62. The minimum Gasteiger partial charge on any atom is -0.329 e. The Kier molecular flexibility index (Phi) is 8.22. The molecule has 0 aliphatic heterocycles. The summed E-state index contributed by atoms with van der Waals surface area (Å²) in [7, 11) is -7.58. The van der Waals surface area contributed by atoms with Crippen molar-refractivity contribution in [2.75, 3.05) is 26.4 Å². The Labute approximate surface area is 160 Å². The topological polar surface area (TPSA) is 88.9 Å². The van der Waals surface area contributed by atoms with Gasteiger partial charge in [0.25, 0.3) is 0 Å². The Morgan fingerprint density at radius 1 is 0.889 bits per heavy atom. The van der Waals surface area contributed by atoms with Gasteiger partial charge in [-0.05, 0) is 39.8 Å². The zero-order valence-electron chi connectivity index (χ0n) is 16.2. The van der Waals surface area contributed by atoms with E-state index >= 15 is 0 Å². The quantitative estimate of drug-likeness (QED) is 0.453. The zero-order valence-corrected chi connectivity index (χ0v) is 18.0. The second-order valence-corrected chi connectivity index (χ2v) is 10.5. The lowest BCUT2D eigenvalue weighted by Gasteiger charge is -2.31. The van der Waals surface area contributed by atoms with Crippen molar-refractivity contribution in [1.82, 2.24) is 9.55 Å². The molecule has 1 aromatic carbocycles. The zero-order chi connectivity index (χ0) is 19.9. The van der Waals surface area contributed by atoms with Gasteiger partial charge in [-0.25, -0.2) is 4.98 Å². The predicted octanol–water partition coefficient (Wildman–Crippen LogP) is 4.89. The maximum absolute atomic E-state index is 13.6. The molecule has 0 spiro atoms. The average Bonchev–Trinajstić information content (AvgIpc) is 3.03. The van der Waals surface area contributed by atoms with Gasteiger partial charge in [-0.1, -0.05) is 12.1 Å². The van der Waals surface area contributed by atoms with Crippen molar-refractivity contribution in [2.24, 2.45) is 0 Å². The molecule has 8 nitrogen and oxygen atoms in total. The van der Waals surface area contributed by atoms with Crippen molar-refractivity contribution in [1.29, 1.82) is 0 Å². The first-order chi connectivity index (χ1) is 12.9. The van der Waals surface area contributed by atoms with Crippen LogP contribution >= 0.6 is 15.2 Å². The van der Waals surface area contributed by atoms with Crippen molar-refractivity contribution in [3.05, 3.63) is 30.6 Å². The van der Waals surface area contributed by atoms with Crippen LogP contribution in [0.4, 0.5) is 0 Å². The van der Waals surface area contributed by atoms with Crippen molar-refractivity contribution in [3.8, 4) is 0 Å². The highest BCUT2D eigenvalue weighted by Gasteiger charge is 2.51. The summed E-state index contributed by atoms with van der Waals surface area (Å²) in [4.78, 5) is 4.34. The molecule has 0 amide bonds. The fraction of sp³-hybridized carbons (Fsp3) is 0.588. The van der Waals surface area contributed by atoms with Gasteiger partial charge in [0.1, 0.15) is 0 Å². The van der Waals surface area contributed by atoms with Crippen LogP contribution in [-0.2, 0) is 33.8 Å². The first-order valence-corrected chi connectivity index (χ1v) is 12.3. The third-order valence-corrected chi connectivity index (χ3v) is 9.81. The van der Waals surface area contributed by atoms with E-state index in [4.69, 9.17) is 18.1 Å². The van der Waals surface area contributed by atoms with Crippen molar-refractivity contribution >= 4 is 26.2 Å². The summed E-state index contributed by atoms with van der Waals surface area (Å²) in [6.07, 6.45) is 1.61. The van der Waals surface area contributed by atoms with E-state index in [9.17, 15) is 9.13 Å². The van der Waals surface area contributed by atoms with Crippen LogP contribution in [0, 0.1) is 0 Å². The maximum atomic E-state index is 13.6. The van der Waals surface area contributed by atoms with Gasteiger partial charge in [0.15, 0.2) is 5.40 Å². The lowest BCUT2D eigenvalue weighted by molar-refractivity contribution is 0.192. The molecular formula is C17H28N2O6P2. The summed E-state index contributed by atoms with van der Waals surface area (Å²) < 4.78 is 50.9. The monoisotopic (exact) mass is 418 g/mol. The number of benzene rings is 1. The highest BCUT2D eigenvalue weighted by atomic mass is 31.2. The molecule has 0 saturated heterocycles. The smallest absolute Gasteiger partial charge is 0.329 e. The SMILES string of the molecule is CCOP(=O)(OCC)C(Cn1cnc2ccccc21)P(=O)(OCC)OCC. The molecular weight excluding hydrogens is 390 g/mol. The number of aromatic nitrogens is 2. The predicted molar refractivity (Wildman–Crippen MR) is 105 cm³/mol. The first kappa shape index (κ1) is 22.3. The van der Waals surface area contributed by atoms with Crippen molar-refractivity contribution < 1.29 is 27.2 Å². The number of nitrogens with zero attached hydrogens (tertiary/aromatic N) is 2. The highest BCUT2D eigenvalue weighted by Crippen LogP contribution is 2.70. The molecule has 0 aliphatic rings. The molecule has 0 saturated carbocycles. The van der Waals surface area contributed by atoms with Gasteiger partial charge in [-0.2, -0.15) is 0 Å². The van der Waals surface area contributed by atoms with Crippen LogP contribution in [-0.4, -0.2) is 41.4 Å². The Morgan fingerprint density at radius 2 is 1.37 bits per heavy atom. The van der Waals surface area contributed by atoms with Gasteiger partial charge >= 0.3 is 15.2 Å². The van der Waals surface area contributed by atoms with E-state index in [1.807, 2.05) is 24.3 Å². The fourth-order valence-corrected chi connectivity index (χ4v) is 8.06. The first-order valence-electron chi connectivity index (χ1n) is 9.11. The summed E-state index contributed by atoms with van der Waals surface area (Å²) in [5.74, 6) is 0. The maximum Gasteiger partial charge on any atom is 0.347 e. The Hall–Kier alpha value is -1.01. The van der Waals surface area contributed by atoms with E-state index in [0.29, 0.717) is 0 Å². The Morgan fingerprint density at radius 3 is 1.85 bits per heavy atom. The summed E-state index contributed by atoms with van der Waals surface area (Å²) in [5, 5.41) is -1.11. The largest absolute Gasteiger partial charge is 0.347 e. The van der Waals surface area contributed by atoms with E-state index in [0.717, 1.165) is 11.0 Å². The lowest BCUT2D eigenvalue weighted by Crippen LogP contribution is -2.22. The lowest BCUT2D eigenvalue weighted by atomic mass is 10.3. The third kappa shape index (κ3) is 5.08. The third-order valence-electron chi connectivity index (χ3n) is 3.85. The fourth-order valence-electron chi connectivity index (χ4n) is 2.84. The molecule has 10 heteroatoms. The standard InChI is InChI=1S/C17H28N2O6P2/c1-5-22-26(20,23-6-2)17(27(21,24-7-3)25-8-4)13-19-14-18-15-11-9-10-12-16(15)19/h9-12,14,17H,5-8,13H2,1-4H3. The number of hydrogen-bond acceptors (Lipinski definition) is 7. The van der Waals surface area contributed by atoms with Crippen LogP contribution in [0.15, 0.2) is 30.6 Å².